The molecule has 7 heteroatoms. The van der Waals surface area contributed by atoms with Gasteiger partial charge in [0.15, 0.2) is 0 Å². The molecular formula is C24H35NO6. The van der Waals surface area contributed by atoms with E-state index in [0.717, 1.165) is 11.8 Å². The Morgan fingerprint density at radius 1 is 1.10 bits per heavy atom. The molecule has 2 rings (SSSR count). The fourth-order valence-corrected chi connectivity index (χ4v) is 3.67. The molecule has 1 aromatic rings. The van der Waals surface area contributed by atoms with Crippen LogP contribution >= 0.6 is 0 Å². The molecule has 172 valence electrons. The third kappa shape index (κ3) is 7.56. The number of amides is 1. The first-order valence-corrected chi connectivity index (χ1v) is 10.6. The normalized spacial score (nSPS) is 17.8. The van der Waals surface area contributed by atoms with Gasteiger partial charge in [-0.2, -0.15) is 0 Å². The number of hydrogen-bond donors (Lipinski definition) is 0. The maximum Gasteiger partial charge on any atom is 0.410 e. The van der Waals surface area contributed by atoms with E-state index in [2.05, 4.69) is 0 Å². The minimum Gasteiger partial charge on any atom is -0.497 e. The molecule has 1 saturated heterocycles. The Balaban J connectivity index is 2.25. The second kappa shape index (κ2) is 9.71. The minimum absolute atomic E-state index is 0.0757. The van der Waals surface area contributed by atoms with Crippen LogP contribution in [0.1, 0.15) is 63.9 Å². The summed E-state index contributed by atoms with van der Waals surface area (Å²) in [6, 6.07) is 5.23. The van der Waals surface area contributed by atoms with E-state index in [-0.39, 0.29) is 18.0 Å². The third-order valence-electron chi connectivity index (χ3n) is 4.97. The van der Waals surface area contributed by atoms with Crippen molar-refractivity contribution < 1.29 is 28.6 Å². The zero-order valence-corrected chi connectivity index (χ0v) is 19.7. The van der Waals surface area contributed by atoms with Gasteiger partial charge in [0, 0.05) is 18.7 Å². The standard InChI is InChI=1S/C24H35NO6/c1-23(2,3)30-21(27)20(13-16-10-17(15-26)12-19(11-16)29-7)18-8-9-25(14-18)22(28)31-24(4,5)6/h10-12,15,18,20H,8-9,13-14H2,1-7H3/t18-,20-/m0/s1. The summed E-state index contributed by atoms with van der Waals surface area (Å²) in [4.78, 5) is 38.6. The van der Waals surface area contributed by atoms with Crippen LogP contribution in [0, 0.1) is 11.8 Å². The summed E-state index contributed by atoms with van der Waals surface area (Å²) in [5.41, 5.74) is 0.0966. The van der Waals surface area contributed by atoms with Crippen molar-refractivity contribution in [3.8, 4) is 5.75 Å². The van der Waals surface area contributed by atoms with Crippen LogP contribution in [0.15, 0.2) is 18.2 Å². The Morgan fingerprint density at radius 3 is 2.29 bits per heavy atom. The Morgan fingerprint density at radius 2 is 1.74 bits per heavy atom. The number of carbonyl (C=O) groups excluding carboxylic acids is 3. The van der Waals surface area contributed by atoms with Crippen molar-refractivity contribution in [3.05, 3.63) is 29.3 Å². The van der Waals surface area contributed by atoms with Gasteiger partial charge >= 0.3 is 12.1 Å². The molecule has 1 amide bonds. The van der Waals surface area contributed by atoms with Gasteiger partial charge in [-0.05, 0) is 84.1 Å². The summed E-state index contributed by atoms with van der Waals surface area (Å²) >= 11 is 0. The molecule has 0 unspecified atom stereocenters. The summed E-state index contributed by atoms with van der Waals surface area (Å²) in [6.45, 7) is 11.9. The first-order valence-electron chi connectivity index (χ1n) is 10.6. The Hall–Kier alpha value is -2.57. The van der Waals surface area contributed by atoms with Gasteiger partial charge < -0.3 is 19.1 Å². The van der Waals surface area contributed by atoms with E-state index in [9.17, 15) is 14.4 Å². The summed E-state index contributed by atoms with van der Waals surface area (Å²) in [5, 5.41) is 0. The third-order valence-corrected chi connectivity index (χ3v) is 4.97. The van der Waals surface area contributed by atoms with Gasteiger partial charge in [-0.3, -0.25) is 9.59 Å². The molecule has 1 aliphatic heterocycles. The van der Waals surface area contributed by atoms with E-state index in [1.165, 1.54) is 7.11 Å². The van der Waals surface area contributed by atoms with Crippen molar-refractivity contribution in [1.82, 2.24) is 4.90 Å². The highest BCUT2D eigenvalue weighted by atomic mass is 16.6. The zero-order valence-electron chi connectivity index (χ0n) is 19.7. The molecule has 0 bridgehead atoms. The number of likely N-dealkylation sites (tertiary alicyclic amines) is 1. The summed E-state index contributed by atoms with van der Waals surface area (Å²) in [5.74, 6) is -0.283. The van der Waals surface area contributed by atoms with Crippen LogP contribution in [-0.2, 0) is 20.7 Å². The fraction of sp³-hybridized carbons (Fsp3) is 0.625. The lowest BCUT2D eigenvalue weighted by atomic mass is 9.85. The molecule has 0 saturated carbocycles. The van der Waals surface area contributed by atoms with Gasteiger partial charge in [-0.1, -0.05) is 0 Å². The van der Waals surface area contributed by atoms with E-state index >= 15 is 0 Å². The summed E-state index contributed by atoms with van der Waals surface area (Å²) in [6.07, 6.45) is 1.45. The van der Waals surface area contributed by atoms with Crippen molar-refractivity contribution in [2.75, 3.05) is 20.2 Å². The molecule has 31 heavy (non-hydrogen) atoms. The molecule has 1 heterocycles. The second-order valence-corrected chi connectivity index (χ2v) is 10.1. The highest BCUT2D eigenvalue weighted by Gasteiger charge is 2.39. The average molecular weight is 434 g/mol. The van der Waals surface area contributed by atoms with Crippen molar-refractivity contribution in [3.63, 3.8) is 0 Å². The number of esters is 1. The van der Waals surface area contributed by atoms with Gasteiger partial charge in [0.2, 0.25) is 0 Å². The van der Waals surface area contributed by atoms with Gasteiger partial charge in [-0.25, -0.2) is 4.79 Å². The van der Waals surface area contributed by atoms with Gasteiger partial charge in [0.1, 0.15) is 23.2 Å². The minimum atomic E-state index is -0.624. The molecule has 0 aromatic heterocycles. The molecule has 0 radical (unpaired) electrons. The zero-order chi connectivity index (χ0) is 23.4. The number of benzene rings is 1. The van der Waals surface area contributed by atoms with E-state index < -0.39 is 17.1 Å². The van der Waals surface area contributed by atoms with Crippen molar-refractivity contribution in [2.24, 2.45) is 11.8 Å². The van der Waals surface area contributed by atoms with Crippen LogP contribution in [0.2, 0.25) is 0 Å². The highest BCUT2D eigenvalue weighted by molar-refractivity contribution is 5.77. The SMILES string of the molecule is COc1cc(C=O)cc(C[C@H](C(=O)OC(C)(C)C)[C@H]2CCN(C(=O)OC(C)(C)C)C2)c1. The fourth-order valence-electron chi connectivity index (χ4n) is 3.67. The molecule has 1 aromatic carbocycles. The second-order valence-electron chi connectivity index (χ2n) is 10.1. The van der Waals surface area contributed by atoms with E-state index in [0.29, 0.717) is 37.2 Å². The molecule has 1 aliphatic rings. The maximum absolute atomic E-state index is 13.1. The number of ether oxygens (including phenoxy) is 3. The average Bonchev–Trinajstić information content (AvgIpc) is 3.13. The van der Waals surface area contributed by atoms with Gasteiger partial charge in [0.25, 0.3) is 0 Å². The predicted octanol–water partition coefficient (Wildman–Crippen LogP) is 4.27. The maximum atomic E-state index is 13.1. The van der Waals surface area contributed by atoms with Gasteiger partial charge in [0.05, 0.1) is 13.0 Å². The molecule has 1 fully saturated rings. The first kappa shape index (κ1) is 24.7. The molecule has 0 aliphatic carbocycles. The largest absolute Gasteiger partial charge is 0.497 e. The predicted molar refractivity (Wildman–Crippen MR) is 117 cm³/mol. The Bertz CT molecular complexity index is 805. The van der Waals surface area contributed by atoms with Crippen LogP contribution in [-0.4, -0.2) is 54.7 Å². The Labute approximate surface area is 185 Å². The summed E-state index contributed by atoms with van der Waals surface area (Å²) < 4.78 is 16.5. The lowest BCUT2D eigenvalue weighted by Gasteiger charge is -2.28. The van der Waals surface area contributed by atoms with Crippen molar-refractivity contribution in [2.45, 2.75) is 65.6 Å². The van der Waals surface area contributed by atoms with Crippen LogP contribution in [0.3, 0.4) is 0 Å². The monoisotopic (exact) mass is 433 g/mol. The topological polar surface area (TPSA) is 82.1 Å². The number of carbonyl (C=O) groups is 3. The van der Waals surface area contributed by atoms with E-state index in [1.54, 1.807) is 17.0 Å². The molecule has 0 N–H and O–H groups in total. The van der Waals surface area contributed by atoms with Gasteiger partial charge in [-0.15, -0.1) is 0 Å². The van der Waals surface area contributed by atoms with Crippen LogP contribution in [0.4, 0.5) is 4.79 Å². The number of nitrogens with zero attached hydrogens (tertiary/aromatic N) is 1. The highest BCUT2D eigenvalue weighted by Crippen LogP contribution is 2.31. The van der Waals surface area contributed by atoms with Crippen molar-refractivity contribution in [1.29, 1.82) is 0 Å². The number of rotatable bonds is 6. The molecule has 2 atom stereocenters. The molecule has 7 nitrogen and oxygen atoms in total. The Kier molecular flexibility index (Phi) is 7.73. The van der Waals surface area contributed by atoms with Crippen LogP contribution < -0.4 is 4.74 Å². The van der Waals surface area contributed by atoms with Crippen LogP contribution in [0.5, 0.6) is 5.75 Å². The smallest absolute Gasteiger partial charge is 0.410 e. The lowest BCUT2D eigenvalue weighted by Crippen LogP contribution is -2.38. The first-order chi connectivity index (χ1) is 14.3. The molecular weight excluding hydrogens is 398 g/mol. The number of aldehydes is 1. The van der Waals surface area contributed by atoms with Crippen molar-refractivity contribution >= 4 is 18.3 Å². The number of hydrogen-bond acceptors (Lipinski definition) is 6. The van der Waals surface area contributed by atoms with E-state index in [1.807, 2.05) is 47.6 Å². The lowest BCUT2D eigenvalue weighted by molar-refractivity contribution is -0.161. The quantitative estimate of drug-likeness (QED) is 0.492. The summed E-state index contributed by atoms with van der Waals surface area (Å²) in [7, 11) is 1.54. The molecule has 0 spiro atoms. The van der Waals surface area contributed by atoms with E-state index in [4.69, 9.17) is 14.2 Å². The number of methoxy groups -OCH3 is 1. The van der Waals surface area contributed by atoms with Crippen LogP contribution in [0.25, 0.3) is 0 Å².